The fourth-order valence-corrected chi connectivity index (χ4v) is 1.95. The Morgan fingerprint density at radius 1 is 1.23 bits per heavy atom. The number of likely N-dealkylation sites (N-methyl/N-ethyl adjacent to an activating group) is 1. The summed E-state index contributed by atoms with van der Waals surface area (Å²) in [6.45, 7) is 4.05. The van der Waals surface area contributed by atoms with E-state index in [1.165, 1.54) is 25.9 Å². The number of likely N-dealkylation sites (tertiary alicyclic amines) is 1. The van der Waals surface area contributed by atoms with Gasteiger partial charge in [0, 0.05) is 6.54 Å². The molecule has 1 rings (SSSR count). The van der Waals surface area contributed by atoms with Crippen molar-refractivity contribution in [2.24, 2.45) is 0 Å². The number of aliphatic hydroxyl groups excluding tert-OH is 1. The Hall–Kier alpha value is -0.120. The SMILES string of the molecule is C[N+](C)(C)CC(O)CN1CCCC1. The van der Waals surface area contributed by atoms with Crippen molar-refractivity contribution in [2.45, 2.75) is 18.9 Å². The van der Waals surface area contributed by atoms with Crippen molar-refractivity contribution in [3.8, 4) is 0 Å². The molecular formula is C10H23N2O+. The van der Waals surface area contributed by atoms with Crippen molar-refractivity contribution in [3.63, 3.8) is 0 Å². The topological polar surface area (TPSA) is 23.5 Å². The van der Waals surface area contributed by atoms with Crippen LogP contribution in [-0.4, -0.2) is 67.9 Å². The van der Waals surface area contributed by atoms with Crippen LogP contribution in [0.5, 0.6) is 0 Å². The molecule has 1 atom stereocenters. The summed E-state index contributed by atoms with van der Waals surface area (Å²) in [4.78, 5) is 2.36. The zero-order chi connectivity index (χ0) is 9.90. The number of rotatable bonds is 4. The predicted molar refractivity (Wildman–Crippen MR) is 54.6 cm³/mol. The molecule has 1 unspecified atom stereocenters. The van der Waals surface area contributed by atoms with E-state index >= 15 is 0 Å². The van der Waals surface area contributed by atoms with Crippen LogP contribution in [-0.2, 0) is 0 Å². The van der Waals surface area contributed by atoms with Gasteiger partial charge in [-0.1, -0.05) is 0 Å². The van der Waals surface area contributed by atoms with Crippen molar-refractivity contribution in [2.75, 3.05) is 47.3 Å². The summed E-state index contributed by atoms with van der Waals surface area (Å²) in [5, 5.41) is 9.79. The van der Waals surface area contributed by atoms with E-state index in [0.717, 1.165) is 17.6 Å². The number of aliphatic hydroxyl groups is 1. The van der Waals surface area contributed by atoms with E-state index in [1.807, 2.05) is 0 Å². The third kappa shape index (κ3) is 4.60. The molecule has 1 aliphatic heterocycles. The highest BCUT2D eigenvalue weighted by Gasteiger charge is 2.20. The first kappa shape index (κ1) is 11.0. The van der Waals surface area contributed by atoms with Gasteiger partial charge in [0.2, 0.25) is 0 Å². The molecule has 0 aromatic carbocycles. The van der Waals surface area contributed by atoms with Crippen LogP contribution in [0.2, 0.25) is 0 Å². The largest absolute Gasteiger partial charge is 0.386 e. The lowest BCUT2D eigenvalue weighted by molar-refractivity contribution is -0.873. The van der Waals surface area contributed by atoms with Crippen molar-refractivity contribution < 1.29 is 9.59 Å². The van der Waals surface area contributed by atoms with Crippen LogP contribution in [0.15, 0.2) is 0 Å². The number of hydrogen-bond donors (Lipinski definition) is 1. The minimum atomic E-state index is -0.168. The molecule has 0 saturated carbocycles. The average molecular weight is 187 g/mol. The van der Waals surface area contributed by atoms with E-state index in [1.54, 1.807) is 0 Å². The zero-order valence-electron chi connectivity index (χ0n) is 9.16. The van der Waals surface area contributed by atoms with E-state index in [-0.39, 0.29) is 6.10 Å². The molecule has 0 spiro atoms. The Labute approximate surface area is 81.5 Å². The molecule has 1 aliphatic rings. The minimum absolute atomic E-state index is 0.168. The van der Waals surface area contributed by atoms with E-state index in [2.05, 4.69) is 26.0 Å². The minimum Gasteiger partial charge on any atom is -0.386 e. The van der Waals surface area contributed by atoms with Gasteiger partial charge in [0.25, 0.3) is 0 Å². The molecule has 3 nitrogen and oxygen atoms in total. The monoisotopic (exact) mass is 187 g/mol. The Morgan fingerprint density at radius 3 is 2.23 bits per heavy atom. The van der Waals surface area contributed by atoms with Gasteiger partial charge < -0.3 is 14.5 Å². The molecule has 0 bridgehead atoms. The van der Waals surface area contributed by atoms with Gasteiger partial charge in [-0.05, 0) is 25.9 Å². The number of nitrogens with zero attached hydrogens (tertiary/aromatic N) is 2. The van der Waals surface area contributed by atoms with Crippen LogP contribution < -0.4 is 0 Å². The summed E-state index contributed by atoms with van der Waals surface area (Å²) in [5.41, 5.74) is 0. The smallest absolute Gasteiger partial charge is 0.115 e. The second kappa shape index (κ2) is 4.40. The Kier molecular flexibility index (Phi) is 3.71. The van der Waals surface area contributed by atoms with Crippen LogP contribution >= 0.6 is 0 Å². The Bertz CT molecular complexity index is 147. The molecule has 0 aromatic rings. The Morgan fingerprint density at radius 2 is 1.77 bits per heavy atom. The summed E-state index contributed by atoms with van der Waals surface area (Å²) in [6, 6.07) is 0. The van der Waals surface area contributed by atoms with E-state index in [9.17, 15) is 5.11 Å². The van der Waals surface area contributed by atoms with Gasteiger partial charge in [-0.25, -0.2) is 0 Å². The first-order valence-corrected chi connectivity index (χ1v) is 5.18. The third-order valence-electron chi connectivity index (χ3n) is 2.43. The highest BCUT2D eigenvalue weighted by Crippen LogP contribution is 2.08. The van der Waals surface area contributed by atoms with Gasteiger partial charge in [0.15, 0.2) is 0 Å². The maximum Gasteiger partial charge on any atom is 0.115 e. The lowest BCUT2D eigenvalue weighted by Crippen LogP contribution is -2.45. The van der Waals surface area contributed by atoms with Crippen molar-refractivity contribution >= 4 is 0 Å². The maximum atomic E-state index is 9.79. The summed E-state index contributed by atoms with van der Waals surface area (Å²) in [6.07, 6.45) is 2.44. The van der Waals surface area contributed by atoms with E-state index < -0.39 is 0 Å². The van der Waals surface area contributed by atoms with Crippen molar-refractivity contribution in [1.29, 1.82) is 0 Å². The number of quaternary nitrogens is 1. The average Bonchev–Trinajstić information content (AvgIpc) is 2.34. The van der Waals surface area contributed by atoms with Gasteiger partial charge in [-0.15, -0.1) is 0 Å². The molecule has 1 saturated heterocycles. The summed E-state index contributed by atoms with van der Waals surface area (Å²) in [7, 11) is 6.35. The fraction of sp³-hybridized carbons (Fsp3) is 1.00. The molecule has 3 heteroatoms. The molecular weight excluding hydrogens is 164 g/mol. The van der Waals surface area contributed by atoms with Crippen molar-refractivity contribution in [1.82, 2.24) is 4.90 Å². The van der Waals surface area contributed by atoms with Crippen molar-refractivity contribution in [3.05, 3.63) is 0 Å². The maximum absolute atomic E-state index is 9.79. The molecule has 1 fully saturated rings. The van der Waals surface area contributed by atoms with Crippen LogP contribution in [0, 0.1) is 0 Å². The van der Waals surface area contributed by atoms with Crippen LogP contribution in [0.1, 0.15) is 12.8 Å². The van der Waals surface area contributed by atoms with Crippen LogP contribution in [0.3, 0.4) is 0 Å². The van der Waals surface area contributed by atoms with Crippen LogP contribution in [0.25, 0.3) is 0 Å². The van der Waals surface area contributed by atoms with Gasteiger partial charge in [0.1, 0.15) is 12.6 Å². The summed E-state index contributed by atoms with van der Waals surface area (Å²) in [5.74, 6) is 0. The second-order valence-electron chi connectivity index (χ2n) is 5.13. The predicted octanol–water partition coefficient (Wildman–Crippen LogP) is 0.149. The quantitative estimate of drug-likeness (QED) is 0.633. The zero-order valence-corrected chi connectivity index (χ0v) is 9.16. The molecule has 1 N–H and O–H groups in total. The first-order chi connectivity index (χ1) is 5.97. The van der Waals surface area contributed by atoms with E-state index in [4.69, 9.17) is 0 Å². The third-order valence-corrected chi connectivity index (χ3v) is 2.43. The number of hydrogen-bond acceptors (Lipinski definition) is 2. The number of β-amino-alcohol motifs (C(OH)–C–C–N with tert-alkyl or cyclic N) is 1. The highest BCUT2D eigenvalue weighted by atomic mass is 16.3. The van der Waals surface area contributed by atoms with Gasteiger partial charge in [-0.3, -0.25) is 0 Å². The van der Waals surface area contributed by atoms with Crippen LogP contribution in [0.4, 0.5) is 0 Å². The van der Waals surface area contributed by atoms with Gasteiger partial charge in [-0.2, -0.15) is 0 Å². The first-order valence-electron chi connectivity index (χ1n) is 5.18. The lowest BCUT2D eigenvalue weighted by atomic mass is 10.3. The molecule has 13 heavy (non-hydrogen) atoms. The fourth-order valence-electron chi connectivity index (χ4n) is 1.95. The highest BCUT2D eigenvalue weighted by molar-refractivity contribution is 4.69. The molecule has 0 aromatic heterocycles. The Balaban J connectivity index is 2.20. The van der Waals surface area contributed by atoms with Gasteiger partial charge >= 0.3 is 0 Å². The second-order valence-corrected chi connectivity index (χ2v) is 5.13. The molecule has 0 aliphatic carbocycles. The van der Waals surface area contributed by atoms with Gasteiger partial charge in [0.05, 0.1) is 21.1 Å². The standard InChI is InChI=1S/C10H23N2O/c1-12(2,3)9-10(13)8-11-6-4-5-7-11/h10,13H,4-9H2,1-3H3/q+1. The summed E-state index contributed by atoms with van der Waals surface area (Å²) < 4.78 is 0.842. The molecule has 0 amide bonds. The molecule has 78 valence electrons. The molecule has 0 radical (unpaired) electrons. The van der Waals surface area contributed by atoms with E-state index in [0.29, 0.717) is 0 Å². The normalized spacial score (nSPS) is 22.2. The lowest BCUT2D eigenvalue weighted by Gasteiger charge is -2.28. The molecule has 1 heterocycles. The summed E-state index contributed by atoms with van der Waals surface area (Å²) >= 11 is 0.